The number of rotatable bonds is 7. The molecule has 90 valence electrons. The van der Waals surface area contributed by atoms with Gasteiger partial charge in [0, 0.05) is 19.1 Å². The Balaban J connectivity index is 2.54. The summed E-state index contributed by atoms with van der Waals surface area (Å²) in [4.78, 5) is 0. The van der Waals surface area contributed by atoms with Crippen molar-refractivity contribution in [2.24, 2.45) is 11.7 Å². The fraction of sp³-hybridized carbons (Fsp3) is 1.00. The average molecular weight is 235 g/mol. The molecule has 0 aliphatic heterocycles. The second kappa shape index (κ2) is 5.25. The van der Waals surface area contributed by atoms with E-state index in [9.17, 15) is 8.42 Å². The lowest BCUT2D eigenvalue weighted by molar-refractivity contribution is 0.365. The van der Waals surface area contributed by atoms with E-state index in [1.165, 1.54) is 4.31 Å². The van der Waals surface area contributed by atoms with Crippen LogP contribution in [0.4, 0.5) is 0 Å². The number of hydrogen-bond donors (Lipinski definition) is 2. The first-order chi connectivity index (χ1) is 6.99. The number of nitrogens with two attached hydrogens (primary N) is 1. The molecule has 15 heavy (non-hydrogen) atoms. The summed E-state index contributed by atoms with van der Waals surface area (Å²) >= 11 is 0. The first-order valence-electron chi connectivity index (χ1n) is 5.47. The molecule has 5 nitrogen and oxygen atoms in total. The van der Waals surface area contributed by atoms with Gasteiger partial charge in [0.15, 0.2) is 0 Å². The lowest BCUT2D eigenvalue weighted by Crippen LogP contribution is -2.44. The summed E-state index contributed by atoms with van der Waals surface area (Å²) < 4.78 is 27.8. The highest BCUT2D eigenvalue weighted by atomic mass is 32.2. The van der Waals surface area contributed by atoms with Gasteiger partial charge < -0.3 is 5.73 Å². The fourth-order valence-electron chi connectivity index (χ4n) is 1.31. The smallest absolute Gasteiger partial charge is 0.279 e. The maximum Gasteiger partial charge on any atom is 0.279 e. The van der Waals surface area contributed by atoms with Crippen LogP contribution in [0.3, 0.4) is 0 Å². The van der Waals surface area contributed by atoms with Crippen molar-refractivity contribution in [1.82, 2.24) is 9.03 Å². The second-order valence-electron chi connectivity index (χ2n) is 4.19. The Kier molecular flexibility index (Phi) is 4.51. The number of hydrogen-bond acceptors (Lipinski definition) is 3. The van der Waals surface area contributed by atoms with Crippen molar-refractivity contribution in [3.05, 3.63) is 0 Å². The molecule has 1 unspecified atom stereocenters. The molecule has 1 aliphatic carbocycles. The summed E-state index contributed by atoms with van der Waals surface area (Å²) in [5.74, 6) is 0.195. The van der Waals surface area contributed by atoms with E-state index in [1.807, 2.05) is 13.8 Å². The normalized spacial score (nSPS) is 19.5. The third-order valence-corrected chi connectivity index (χ3v) is 4.22. The molecule has 1 fully saturated rings. The molecule has 1 atom stereocenters. The largest absolute Gasteiger partial charge is 0.330 e. The number of nitrogens with one attached hydrogen (secondary N) is 1. The Morgan fingerprint density at radius 1 is 1.53 bits per heavy atom. The van der Waals surface area contributed by atoms with Crippen molar-refractivity contribution in [3.8, 4) is 0 Å². The van der Waals surface area contributed by atoms with E-state index in [4.69, 9.17) is 5.73 Å². The number of nitrogens with zero attached hydrogens (tertiary/aromatic N) is 1. The molecule has 0 aromatic rings. The molecular formula is C9H21N3O2S. The first-order valence-corrected chi connectivity index (χ1v) is 6.91. The second-order valence-corrected chi connectivity index (χ2v) is 5.89. The third kappa shape index (κ3) is 4.06. The van der Waals surface area contributed by atoms with E-state index in [0.717, 1.165) is 12.8 Å². The lowest BCUT2D eigenvalue weighted by atomic mass is 10.2. The van der Waals surface area contributed by atoms with Crippen LogP contribution < -0.4 is 10.5 Å². The monoisotopic (exact) mass is 235 g/mol. The van der Waals surface area contributed by atoms with E-state index in [0.29, 0.717) is 19.6 Å². The molecule has 1 aliphatic rings. The highest BCUT2D eigenvalue weighted by Gasteiger charge is 2.30. The van der Waals surface area contributed by atoms with Crippen molar-refractivity contribution in [1.29, 1.82) is 0 Å². The minimum Gasteiger partial charge on any atom is -0.330 e. The molecule has 0 amide bonds. The van der Waals surface area contributed by atoms with Gasteiger partial charge in [0.05, 0.1) is 0 Å². The van der Waals surface area contributed by atoms with Crippen LogP contribution >= 0.6 is 0 Å². The van der Waals surface area contributed by atoms with E-state index >= 15 is 0 Å². The summed E-state index contributed by atoms with van der Waals surface area (Å²) in [6.45, 7) is 5.29. The van der Waals surface area contributed by atoms with Crippen LogP contribution in [-0.4, -0.2) is 38.4 Å². The Morgan fingerprint density at radius 3 is 2.53 bits per heavy atom. The Labute approximate surface area is 92.2 Å². The predicted octanol–water partition coefficient (Wildman–Crippen LogP) is -0.100. The maximum atomic E-state index is 11.8. The van der Waals surface area contributed by atoms with Crippen LogP contribution in [0.2, 0.25) is 0 Å². The zero-order valence-corrected chi connectivity index (χ0v) is 10.3. The zero-order valence-electron chi connectivity index (χ0n) is 9.44. The molecular weight excluding hydrogens is 214 g/mol. The molecule has 1 rings (SSSR count). The molecule has 0 radical (unpaired) electrons. The van der Waals surface area contributed by atoms with E-state index in [2.05, 4.69) is 4.72 Å². The maximum absolute atomic E-state index is 11.8. The summed E-state index contributed by atoms with van der Waals surface area (Å²) in [5, 5.41) is 0. The fourth-order valence-corrected chi connectivity index (χ4v) is 2.90. The van der Waals surface area contributed by atoms with Crippen molar-refractivity contribution in [2.45, 2.75) is 32.7 Å². The average Bonchev–Trinajstić information content (AvgIpc) is 2.96. The van der Waals surface area contributed by atoms with Crippen LogP contribution in [0.1, 0.15) is 26.7 Å². The summed E-state index contributed by atoms with van der Waals surface area (Å²) in [7, 11) is -3.29. The Hall–Kier alpha value is -0.170. The summed E-state index contributed by atoms with van der Waals surface area (Å²) in [6, 6.07) is 0.164. The van der Waals surface area contributed by atoms with Crippen molar-refractivity contribution >= 4 is 10.2 Å². The van der Waals surface area contributed by atoms with Crippen molar-refractivity contribution in [3.63, 3.8) is 0 Å². The van der Waals surface area contributed by atoms with Crippen molar-refractivity contribution in [2.75, 3.05) is 19.6 Å². The minimum absolute atomic E-state index is 0.164. The van der Waals surface area contributed by atoms with Crippen molar-refractivity contribution < 1.29 is 8.42 Å². The highest BCUT2D eigenvalue weighted by Crippen LogP contribution is 2.20. The van der Waals surface area contributed by atoms with E-state index < -0.39 is 10.2 Å². The molecule has 0 bridgehead atoms. The molecule has 0 aromatic heterocycles. The summed E-state index contributed by atoms with van der Waals surface area (Å²) in [6.07, 6.45) is 1.92. The molecule has 0 aromatic carbocycles. The van der Waals surface area contributed by atoms with Crippen LogP contribution in [0.5, 0.6) is 0 Å². The van der Waals surface area contributed by atoms with Crippen LogP contribution in [0.25, 0.3) is 0 Å². The van der Waals surface area contributed by atoms with Gasteiger partial charge in [-0.2, -0.15) is 17.4 Å². The lowest BCUT2D eigenvalue weighted by Gasteiger charge is -2.23. The van der Waals surface area contributed by atoms with E-state index in [1.54, 1.807) is 0 Å². The molecule has 0 spiro atoms. The molecule has 0 saturated heterocycles. The van der Waals surface area contributed by atoms with Crippen LogP contribution in [-0.2, 0) is 10.2 Å². The summed E-state index contributed by atoms with van der Waals surface area (Å²) in [5.41, 5.74) is 5.49. The quantitative estimate of drug-likeness (QED) is 0.647. The predicted molar refractivity (Wildman–Crippen MR) is 60.5 cm³/mol. The Morgan fingerprint density at radius 2 is 2.13 bits per heavy atom. The molecule has 3 N–H and O–H groups in total. The van der Waals surface area contributed by atoms with Gasteiger partial charge in [-0.05, 0) is 25.3 Å². The van der Waals surface area contributed by atoms with Crippen LogP contribution in [0, 0.1) is 5.92 Å². The third-order valence-electron chi connectivity index (χ3n) is 2.50. The SMILES string of the molecule is CCN(CC(C)CN)S(=O)(=O)NC1CC1. The van der Waals surface area contributed by atoms with Gasteiger partial charge in [-0.15, -0.1) is 0 Å². The molecule has 6 heteroatoms. The van der Waals surface area contributed by atoms with Gasteiger partial charge in [0.25, 0.3) is 10.2 Å². The Bertz CT molecular complexity index is 288. The van der Waals surface area contributed by atoms with E-state index in [-0.39, 0.29) is 12.0 Å². The highest BCUT2D eigenvalue weighted by molar-refractivity contribution is 7.87. The van der Waals surface area contributed by atoms with Gasteiger partial charge in [-0.25, -0.2) is 0 Å². The van der Waals surface area contributed by atoms with Gasteiger partial charge in [-0.1, -0.05) is 13.8 Å². The van der Waals surface area contributed by atoms with Gasteiger partial charge in [0.1, 0.15) is 0 Å². The first kappa shape index (κ1) is 12.9. The standard InChI is InChI=1S/C9H21N3O2S/c1-3-12(7-8(2)6-10)15(13,14)11-9-4-5-9/h8-9,11H,3-7,10H2,1-2H3. The zero-order chi connectivity index (χ0) is 11.5. The van der Waals surface area contributed by atoms with Crippen LogP contribution in [0.15, 0.2) is 0 Å². The minimum atomic E-state index is -3.29. The topological polar surface area (TPSA) is 75.4 Å². The van der Waals surface area contributed by atoms with Gasteiger partial charge in [-0.3, -0.25) is 0 Å². The van der Waals surface area contributed by atoms with Gasteiger partial charge in [0.2, 0.25) is 0 Å². The molecule has 1 saturated carbocycles. The molecule has 0 heterocycles. The van der Waals surface area contributed by atoms with Gasteiger partial charge >= 0.3 is 0 Å².